The number of hydrogen-bond acceptors (Lipinski definition) is 15. The normalized spacial score (nSPS) is 21.0. The molecule has 0 spiro atoms. The highest BCUT2D eigenvalue weighted by molar-refractivity contribution is 5.96. The average Bonchev–Trinajstić information content (AvgIpc) is 0.851. The molecular formula is C63H107N19O12. The van der Waals surface area contributed by atoms with Crippen LogP contribution in [0, 0.1) is 35.5 Å². The topological polar surface area (TPSA) is 539 Å². The number of carboxylic acid groups (broad SMARTS) is 1. The second-order valence-electron chi connectivity index (χ2n) is 26.1. The number of hydrogen-bond donors (Lipinski definition) is 18. The number of guanidine groups is 3. The van der Waals surface area contributed by atoms with Crippen molar-refractivity contribution >= 4 is 77.0 Å². The zero-order valence-electron chi connectivity index (χ0n) is 55.5. The maximum Gasteiger partial charge on any atom is 0.326 e. The van der Waals surface area contributed by atoms with Gasteiger partial charge in [0.2, 0.25) is 53.2 Å². The summed E-state index contributed by atoms with van der Waals surface area (Å²) in [5.74, 6) is -10.8. The van der Waals surface area contributed by atoms with E-state index in [-0.39, 0.29) is 88.2 Å². The van der Waals surface area contributed by atoms with Crippen molar-refractivity contribution in [3.63, 3.8) is 0 Å². The Kier molecular flexibility index (Phi) is 32.5. The Bertz CT molecular complexity index is 2790. The molecule has 6 unspecified atom stereocenters. The molecule has 0 aliphatic heterocycles. The second kappa shape index (κ2) is 39.3. The van der Waals surface area contributed by atoms with Crippen LogP contribution < -0.4 is 88.0 Å². The number of carbonyl (C=O) groups excluding carboxylic acids is 9. The number of phenolic OH excluding ortho intramolecular Hbond substituents is 1. The predicted molar refractivity (Wildman–Crippen MR) is 355 cm³/mol. The number of aliphatic imine (C=N–C) groups is 3. The van der Waals surface area contributed by atoms with E-state index in [2.05, 4.69) is 62.8 Å². The predicted octanol–water partition coefficient (Wildman–Crippen LogP) is -1.59. The van der Waals surface area contributed by atoms with E-state index in [1.54, 1.807) is 53.7 Å². The molecule has 0 radical (unpaired) electrons. The van der Waals surface area contributed by atoms with E-state index in [0.29, 0.717) is 70.6 Å². The molecule has 3 aliphatic carbocycles. The largest absolute Gasteiger partial charge is 0.508 e. The fourth-order valence-electron chi connectivity index (χ4n) is 12.2. The zero-order chi connectivity index (χ0) is 69.8. The number of carboxylic acids is 1. The first kappa shape index (κ1) is 77.9. The van der Waals surface area contributed by atoms with Crippen molar-refractivity contribution in [3.8, 4) is 5.75 Å². The van der Waals surface area contributed by atoms with Gasteiger partial charge in [0.15, 0.2) is 17.9 Å². The highest BCUT2D eigenvalue weighted by atomic mass is 16.4. The van der Waals surface area contributed by atoms with E-state index in [0.717, 1.165) is 12.0 Å². The van der Waals surface area contributed by atoms with Crippen LogP contribution in [-0.2, 0) is 54.4 Å². The lowest BCUT2D eigenvalue weighted by atomic mass is 9.83. The van der Waals surface area contributed by atoms with Gasteiger partial charge in [-0.15, -0.1) is 0 Å². The van der Waals surface area contributed by atoms with Gasteiger partial charge >= 0.3 is 5.97 Å². The summed E-state index contributed by atoms with van der Waals surface area (Å²) in [5.41, 5.74) is 40.2. The molecule has 1 aromatic rings. The van der Waals surface area contributed by atoms with Crippen LogP contribution in [0.25, 0.3) is 0 Å². The van der Waals surface area contributed by atoms with Gasteiger partial charge in [-0.2, -0.15) is 0 Å². The number of carbonyl (C=O) groups is 10. The molecule has 94 heavy (non-hydrogen) atoms. The van der Waals surface area contributed by atoms with E-state index >= 15 is 0 Å². The van der Waals surface area contributed by atoms with Crippen molar-refractivity contribution in [2.24, 2.45) is 90.6 Å². The molecular weight excluding hydrogens is 1210 g/mol. The fourth-order valence-corrected chi connectivity index (χ4v) is 12.2. The van der Waals surface area contributed by atoms with Gasteiger partial charge in [-0.05, 0) is 119 Å². The number of amides is 9. The summed E-state index contributed by atoms with van der Waals surface area (Å²) in [5, 5.41) is 45.3. The first-order valence-electron chi connectivity index (χ1n) is 33.1. The number of nitrogens with one attached hydrogen (secondary N) is 9. The molecule has 3 saturated carbocycles. The van der Waals surface area contributed by atoms with Gasteiger partial charge in [-0.1, -0.05) is 92.2 Å². The summed E-state index contributed by atoms with van der Waals surface area (Å²) in [6, 6.07) is -3.77. The van der Waals surface area contributed by atoms with Gasteiger partial charge in [0.05, 0.1) is 23.8 Å². The van der Waals surface area contributed by atoms with E-state index in [4.69, 9.17) is 40.1 Å². The Morgan fingerprint density at radius 3 is 1.04 bits per heavy atom. The quantitative estimate of drug-likeness (QED) is 0.0205. The Morgan fingerprint density at radius 2 is 0.734 bits per heavy atom. The number of aromatic hydroxyl groups is 1. The summed E-state index contributed by atoms with van der Waals surface area (Å²) < 4.78 is 0. The fraction of sp³-hybridized carbons (Fsp3) is 0.698. The summed E-state index contributed by atoms with van der Waals surface area (Å²) >= 11 is 0. The third-order valence-electron chi connectivity index (χ3n) is 17.5. The molecule has 3 fully saturated rings. The van der Waals surface area contributed by atoms with Gasteiger partial charge in [0.25, 0.3) is 0 Å². The SMILES string of the molecule is CC(C)[C@H](NC(=O)C1CCCCC1NC(=O)[C@H](CCCN=C(N)N)NC(=O)[C@@H](NC(=O)C1CCCCC1NC(=O)[C@H](CCCN=C(N)N)NC(=O)[C@@H](NC(=O)C1CCCCC1NC(=O)[C@@H](N)Cc1ccc(O)cc1)C(C)C)C(C)C)C(=O)N[C@@H](CCCN=C(N)N)C(=O)O. The summed E-state index contributed by atoms with van der Waals surface area (Å²) in [4.78, 5) is 152. The maximum absolute atomic E-state index is 14.6. The number of benzene rings is 1. The average molecular weight is 1320 g/mol. The van der Waals surface area contributed by atoms with Crippen LogP contribution in [0.2, 0.25) is 0 Å². The van der Waals surface area contributed by atoms with Crippen LogP contribution in [0.15, 0.2) is 39.2 Å². The van der Waals surface area contributed by atoms with E-state index in [9.17, 15) is 58.2 Å². The molecule has 13 atom stereocenters. The van der Waals surface area contributed by atoms with E-state index < -0.39 is 155 Å². The molecule has 9 amide bonds. The van der Waals surface area contributed by atoms with Crippen LogP contribution >= 0.6 is 0 Å². The van der Waals surface area contributed by atoms with Crippen LogP contribution in [0.3, 0.4) is 0 Å². The van der Waals surface area contributed by atoms with Gasteiger partial charge in [0, 0.05) is 37.8 Å². The summed E-state index contributed by atoms with van der Waals surface area (Å²) in [6.45, 7) is 10.7. The van der Waals surface area contributed by atoms with Crippen LogP contribution in [0.1, 0.15) is 163 Å². The molecule has 4 rings (SSSR count). The van der Waals surface area contributed by atoms with Crippen molar-refractivity contribution in [2.75, 3.05) is 19.6 Å². The van der Waals surface area contributed by atoms with Crippen molar-refractivity contribution < 1.29 is 58.2 Å². The Hall–Kier alpha value is -8.51. The lowest BCUT2D eigenvalue weighted by Gasteiger charge is -2.35. The first-order valence-corrected chi connectivity index (χ1v) is 33.1. The van der Waals surface area contributed by atoms with Gasteiger partial charge in [-0.3, -0.25) is 58.1 Å². The minimum atomic E-state index is -1.29. The van der Waals surface area contributed by atoms with Crippen molar-refractivity contribution in [3.05, 3.63) is 29.8 Å². The first-order chi connectivity index (χ1) is 44.5. The lowest BCUT2D eigenvalue weighted by molar-refractivity contribution is -0.143. The molecule has 31 heteroatoms. The van der Waals surface area contributed by atoms with Crippen molar-refractivity contribution in [2.45, 2.75) is 224 Å². The summed E-state index contributed by atoms with van der Waals surface area (Å²) in [6.07, 6.45) is 7.42. The molecule has 1 aromatic carbocycles. The molecule has 0 saturated heterocycles. The molecule has 0 aromatic heterocycles. The molecule has 25 N–H and O–H groups in total. The zero-order valence-corrected chi connectivity index (χ0v) is 55.5. The second-order valence-corrected chi connectivity index (χ2v) is 26.1. The van der Waals surface area contributed by atoms with Crippen LogP contribution in [0.4, 0.5) is 0 Å². The molecule has 0 bridgehead atoms. The minimum Gasteiger partial charge on any atom is -0.508 e. The smallest absolute Gasteiger partial charge is 0.326 e. The third-order valence-corrected chi connectivity index (χ3v) is 17.5. The summed E-state index contributed by atoms with van der Waals surface area (Å²) in [7, 11) is 0. The molecule has 3 aliphatic rings. The van der Waals surface area contributed by atoms with Crippen LogP contribution in [-0.4, -0.2) is 167 Å². The van der Waals surface area contributed by atoms with Crippen molar-refractivity contribution in [1.82, 2.24) is 47.9 Å². The lowest BCUT2D eigenvalue weighted by Crippen LogP contribution is -2.60. The molecule has 31 nitrogen and oxygen atoms in total. The maximum atomic E-state index is 14.6. The number of rotatable bonds is 36. The number of nitrogens with zero attached hydrogens (tertiary/aromatic N) is 3. The highest BCUT2D eigenvalue weighted by Gasteiger charge is 2.41. The monoisotopic (exact) mass is 1320 g/mol. The van der Waals surface area contributed by atoms with Crippen LogP contribution in [0.5, 0.6) is 5.75 Å². The third kappa shape index (κ3) is 26.1. The van der Waals surface area contributed by atoms with Gasteiger partial charge < -0.3 is 98.2 Å². The highest BCUT2D eigenvalue weighted by Crippen LogP contribution is 2.29. The Labute approximate surface area is 550 Å². The van der Waals surface area contributed by atoms with Gasteiger partial charge in [0.1, 0.15) is 42.0 Å². The number of nitrogens with two attached hydrogens (primary N) is 7. The van der Waals surface area contributed by atoms with Gasteiger partial charge in [-0.25, -0.2) is 4.79 Å². The minimum absolute atomic E-state index is 0.0151. The molecule has 0 heterocycles. The Morgan fingerprint density at radius 1 is 0.436 bits per heavy atom. The Balaban J connectivity index is 1.48. The standard InChI is InChI=1S/C63H107N19O12/c1-33(2)48(80-51(84)38-16-7-10-19-42(38)74-54(87)41(64)32-36-25-27-37(83)28-26-36)57(90)77-45(22-13-29-71-61(65)66)55(88)75-43-20-11-8-17-39(43)52(85)81-49(34(3)4)58(91)78-46(23-14-30-72-62(67)68)56(89)76-44-21-12-9-18-40(44)53(86)82-50(35(5)6)59(92)79-47(60(93)94)24-15-31-73-63(69)70/h25-28,33-35,38-50,83H,7-24,29-32,64H2,1-6H3,(H,74,87)(H,75,88)(H,76,89)(H,77,90)(H,78,91)(H,79,92)(H,80,84)(H,81,85)(H,82,86)(H,93,94)(H4,65,66,71)(H4,67,68,72)(H4,69,70,73)/t38?,39?,40?,41-,42?,43?,44?,45-,46-,47-,48-,49-,50-/m0/s1. The van der Waals surface area contributed by atoms with E-state index in [1.165, 1.54) is 12.1 Å². The van der Waals surface area contributed by atoms with Crippen molar-refractivity contribution in [1.29, 1.82) is 0 Å². The number of aliphatic carboxylic acids is 1. The number of phenols is 1. The van der Waals surface area contributed by atoms with E-state index in [1.807, 2.05) is 0 Å². The molecule has 526 valence electrons.